The van der Waals surface area contributed by atoms with Crippen molar-refractivity contribution in [3.8, 4) is 0 Å². The van der Waals surface area contributed by atoms with Gasteiger partial charge in [-0.15, -0.1) is 0 Å². The van der Waals surface area contributed by atoms with E-state index in [0.29, 0.717) is 25.5 Å². The van der Waals surface area contributed by atoms with Crippen molar-refractivity contribution < 1.29 is 9.59 Å². The Hall–Kier alpha value is -2.04. The van der Waals surface area contributed by atoms with Crippen LogP contribution < -0.4 is 5.32 Å². The van der Waals surface area contributed by atoms with E-state index in [1.807, 2.05) is 40.1 Å². The lowest BCUT2D eigenvalue weighted by molar-refractivity contribution is -0.138. The van der Waals surface area contributed by atoms with E-state index < -0.39 is 0 Å². The van der Waals surface area contributed by atoms with Crippen LogP contribution in [0, 0.1) is 5.92 Å². The SMILES string of the molecule is O=C(NCc1ccccc1)N1CCCN(C(=O)C2CCC2)CC1. The largest absolute Gasteiger partial charge is 0.341 e. The van der Waals surface area contributed by atoms with Gasteiger partial charge in [-0.1, -0.05) is 36.8 Å². The Balaban J connectivity index is 1.47. The molecule has 124 valence electrons. The highest BCUT2D eigenvalue weighted by Crippen LogP contribution is 2.28. The number of amides is 3. The van der Waals surface area contributed by atoms with E-state index in [0.717, 1.165) is 37.9 Å². The second-order valence-corrected chi connectivity index (χ2v) is 6.44. The maximum absolute atomic E-state index is 12.3. The van der Waals surface area contributed by atoms with Gasteiger partial charge in [0.05, 0.1) is 0 Å². The predicted molar refractivity (Wildman–Crippen MR) is 88.8 cm³/mol. The van der Waals surface area contributed by atoms with Gasteiger partial charge in [0, 0.05) is 38.6 Å². The highest BCUT2D eigenvalue weighted by molar-refractivity contribution is 5.80. The van der Waals surface area contributed by atoms with E-state index in [9.17, 15) is 9.59 Å². The lowest BCUT2D eigenvalue weighted by atomic mass is 9.84. The van der Waals surface area contributed by atoms with Crippen molar-refractivity contribution >= 4 is 11.9 Å². The van der Waals surface area contributed by atoms with Crippen LogP contribution in [0.3, 0.4) is 0 Å². The third-order valence-electron chi connectivity index (χ3n) is 4.84. The molecule has 1 aliphatic carbocycles. The van der Waals surface area contributed by atoms with Gasteiger partial charge < -0.3 is 15.1 Å². The van der Waals surface area contributed by atoms with Gasteiger partial charge in [0.15, 0.2) is 0 Å². The molecule has 0 bridgehead atoms. The second-order valence-electron chi connectivity index (χ2n) is 6.44. The number of hydrogen-bond donors (Lipinski definition) is 1. The van der Waals surface area contributed by atoms with Crippen LogP contribution in [0.2, 0.25) is 0 Å². The Bertz CT molecular complexity index is 542. The molecule has 0 spiro atoms. The van der Waals surface area contributed by atoms with Crippen molar-refractivity contribution in [1.29, 1.82) is 0 Å². The molecular weight excluding hydrogens is 290 g/mol. The molecule has 0 unspecified atom stereocenters. The standard InChI is InChI=1S/C18H25N3O2/c22-17(16-8-4-9-16)20-10-5-11-21(13-12-20)18(23)19-14-15-6-2-1-3-7-15/h1-3,6-7,16H,4-5,8-14H2,(H,19,23). The molecule has 3 amide bonds. The summed E-state index contributed by atoms with van der Waals surface area (Å²) < 4.78 is 0. The van der Waals surface area contributed by atoms with Crippen molar-refractivity contribution in [1.82, 2.24) is 15.1 Å². The number of nitrogens with one attached hydrogen (secondary N) is 1. The molecule has 1 saturated carbocycles. The number of rotatable bonds is 3. The smallest absolute Gasteiger partial charge is 0.317 e. The Kier molecular flexibility index (Phi) is 5.16. The van der Waals surface area contributed by atoms with Crippen molar-refractivity contribution in [3.63, 3.8) is 0 Å². The first kappa shape index (κ1) is 15.8. The average Bonchev–Trinajstić information content (AvgIpc) is 2.78. The monoisotopic (exact) mass is 315 g/mol. The molecule has 1 aromatic carbocycles. The van der Waals surface area contributed by atoms with Gasteiger partial charge in [-0.3, -0.25) is 4.79 Å². The molecule has 2 fully saturated rings. The van der Waals surface area contributed by atoms with Gasteiger partial charge >= 0.3 is 6.03 Å². The van der Waals surface area contributed by atoms with Crippen LogP contribution in [0.1, 0.15) is 31.2 Å². The van der Waals surface area contributed by atoms with Gasteiger partial charge in [0.1, 0.15) is 0 Å². The lowest BCUT2D eigenvalue weighted by Gasteiger charge is -2.31. The maximum atomic E-state index is 12.3. The number of urea groups is 1. The summed E-state index contributed by atoms with van der Waals surface area (Å²) in [6, 6.07) is 9.87. The van der Waals surface area contributed by atoms with E-state index >= 15 is 0 Å². The van der Waals surface area contributed by atoms with Gasteiger partial charge in [0.25, 0.3) is 0 Å². The van der Waals surface area contributed by atoms with Crippen molar-refractivity contribution in [2.45, 2.75) is 32.2 Å². The molecular formula is C18H25N3O2. The zero-order chi connectivity index (χ0) is 16.1. The Morgan fingerprint density at radius 2 is 1.65 bits per heavy atom. The Labute approximate surface area is 137 Å². The Morgan fingerprint density at radius 1 is 0.957 bits per heavy atom. The van der Waals surface area contributed by atoms with Gasteiger partial charge in [-0.05, 0) is 24.8 Å². The third kappa shape index (κ3) is 4.03. The van der Waals surface area contributed by atoms with Gasteiger partial charge in [-0.2, -0.15) is 0 Å². The van der Waals surface area contributed by atoms with Crippen LogP contribution in [-0.2, 0) is 11.3 Å². The van der Waals surface area contributed by atoms with Crippen LogP contribution in [0.15, 0.2) is 30.3 Å². The third-order valence-corrected chi connectivity index (χ3v) is 4.84. The summed E-state index contributed by atoms with van der Waals surface area (Å²) in [7, 11) is 0. The first-order valence-electron chi connectivity index (χ1n) is 8.59. The molecule has 1 aliphatic heterocycles. The number of carbonyl (C=O) groups is 2. The minimum absolute atomic E-state index is 0.0354. The Morgan fingerprint density at radius 3 is 2.35 bits per heavy atom. The predicted octanol–water partition coefficient (Wildman–Crippen LogP) is 2.23. The van der Waals surface area contributed by atoms with Crippen LogP contribution in [0.25, 0.3) is 0 Å². The summed E-state index contributed by atoms with van der Waals surface area (Å²) in [6.45, 7) is 3.32. The molecule has 1 heterocycles. The minimum Gasteiger partial charge on any atom is -0.341 e. The fourth-order valence-electron chi connectivity index (χ4n) is 3.14. The minimum atomic E-state index is -0.0354. The molecule has 0 atom stereocenters. The second kappa shape index (κ2) is 7.49. The summed E-state index contributed by atoms with van der Waals surface area (Å²) in [6.07, 6.45) is 4.11. The molecule has 23 heavy (non-hydrogen) atoms. The van der Waals surface area contributed by atoms with Crippen molar-refractivity contribution in [3.05, 3.63) is 35.9 Å². The number of hydrogen-bond acceptors (Lipinski definition) is 2. The fraction of sp³-hybridized carbons (Fsp3) is 0.556. The molecule has 1 saturated heterocycles. The zero-order valence-electron chi connectivity index (χ0n) is 13.5. The topological polar surface area (TPSA) is 52.7 Å². The van der Waals surface area contributed by atoms with Gasteiger partial charge in [0.2, 0.25) is 5.91 Å². The van der Waals surface area contributed by atoms with E-state index in [1.165, 1.54) is 6.42 Å². The highest BCUT2D eigenvalue weighted by atomic mass is 16.2. The average molecular weight is 315 g/mol. The quantitative estimate of drug-likeness (QED) is 0.930. The van der Waals surface area contributed by atoms with E-state index in [1.54, 1.807) is 0 Å². The molecule has 5 nitrogen and oxygen atoms in total. The molecule has 2 aliphatic rings. The first-order chi connectivity index (χ1) is 11.2. The first-order valence-corrected chi connectivity index (χ1v) is 8.59. The molecule has 5 heteroatoms. The highest BCUT2D eigenvalue weighted by Gasteiger charge is 2.30. The van der Waals surface area contributed by atoms with Crippen LogP contribution >= 0.6 is 0 Å². The molecule has 0 aromatic heterocycles. The number of nitrogens with zero attached hydrogens (tertiary/aromatic N) is 2. The summed E-state index contributed by atoms with van der Waals surface area (Å²) in [5, 5.41) is 2.97. The molecule has 3 rings (SSSR count). The van der Waals surface area contributed by atoms with E-state index in [4.69, 9.17) is 0 Å². The zero-order valence-corrected chi connectivity index (χ0v) is 13.5. The lowest BCUT2D eigenvalue weighted by Crippen LogP contribution is -2.43. The van der Waals surface area contributed by atoms with E-state index in [-0.39, 0.29) is 11.9 Å². The van der Waals surface area contributed by atoms with E-state index in [2.05, 4.69) is 5.32 Å². The van der Waals surface area contributed by atoms with Gasteiger partial charge in [-0.25, -0.2) is 4.79 Å². The number of benzene rings is 1. The summed E-state index contributed by atoms with van der Waals surface area (Å²) >= 11 is 0. The summed E-state index contributed by atoms with van der Waals surface area (Å²) in [5.74, 6) is 0.538. The van der Waals surface area contributed by atoms with Crippen molar-refractivity contribution in [2.24, 2.45) is 5.92 Å². The summed E-state index contributed by atoms with van der Waals surface area (Å²) in [5.41, 5.74) is 1.09. The molecule has 0 radical (unpaired) electrons. The van der Waals surface area contributed by atoms with Crippen LogP contribution in [-0.4, -0.2) is 47.9 Å². The van der Waals surface area contributed by atoms with Crippen LogP contribution in [0.5, 0.6) is 0 Å². The molecule has 1 N–H and O–H groups in total. The maximum Gasteiger partial charge on any atom is 0.317 e. The number of carbonyl (C=O) groups excluding carboxylic acids is 2. The van der Waals surface area contributed by atoms with Crippen molar-refractivity contribution in [2.75, 3.05) is 26.2 Å². The normalized spacial score (nSPS) is 19.0. The fourth-order valence-corrected chi connectivity index (χ4v) is 3.14. The summed E-state index contributed by atoms with van der Waals surface area (Å²) in [4.78, 5) is 28.4. The van der Waals surface area contributed by atoms with Crippen LogP contribution in [0.4, 0.5) is 4.79 Å². The molecule has 1 aromatic rings.